The number of nitrogens with one attached hydrogen (secondary N) is 2. The Morgan fingerprint density at radius 1 is 1.00 bits per heavy atom. The van der Waals surface area contributed by atoms with Gasteiger partial charge in [0.25, 0.3) is 5.56 Å². The second-order valence-electron chi connectivity index (χ2n) is 9.32. The molecule has 3 heterocycles. The van der Waals surface area contributed by atoms with Crippen molar-refractivity contribution in [1.29, 1.82) is 0 Å². The first kappa shape index (κ1) is 21.6. The zero-order valence-corrected chi connectivity index (χ0v) is 19.2. The van der Waals surface area contributed by atoms with Gasteiger partial charge in [-0.3, -0.25) is 19.1 Å². The van der Waals surface area contributed by atoms with E-state index in [0.717, 1.165) is 10.9 Å². The first-order valence-electron chi connectivity index (χ1n) is 11.1. The van der Waals surface area contributed by atoms with Crippen molar-refractivity contribution in [3.05, 3.63) is 95.0 Å². The zero-order chi connectivity index (χ0) is 23.9. The number of benzene rings is 2. The number of hydrogen-bond donors (Lipinski definition) is 2. The highest BCUT2D eigenvalue weighted by Gasteiger charge is 2.30. The lowest BCUT2D eigenvalue weighted by molar-refractivity contribution is -0.124. The predicted octanol–water partition coefficient (Wildman–Crippen LogP) is 4.44. The summed E-state index contributed by atoms with van der Waals surface area (Å²) in [4.78, 5) is 39.8. The summed E-state index contributed by atoms with van der Waals surface area (Å²) in [6, 6.07) is 19.7. The highest BCUT2D eigenvalue weighted by molar-refractivity contribution is 5.89. The van der Waals surface area contributed by atoms with E-state index in [1.165, 1.54) is 0 Å². The molecule has 7 heteroatoms. The van der Waals surface area contributed by atoms with Crippen molar-refractivity contribution in [2.45, 2.75) is 32.4 Å². The molecule has 2 N–H and O–H groups in total. The van der Waals surface area contributed by atoms with Crippen molar-refractivity contribution >= 4 is 27.8 Å². The molecule has 0 aliphatic rings. The summed E-state index contributed by atoms with van der Waals surface area (Å²) >= 11 is 0. The maximum Gasteiger partial charge on any atom is 0.280 e. The fourth-order valence-corrected chi connectivity index (χ4v) is 4.19. The monoisotopic (exact) mass is 451 g/mol. The Bertz CT molecular complexity index is 1530. The van der Waals surface area contributed by atoms with Crippen LogP contribution in [0.15, 0.2) is 83.9 Å². The van der Waals surface area contributed by atoms with Gasteiger partial charge in [-0.05, 0) is 62.7 Å². The number of pyridine rings is 1. The van der Waals surface area contributed by atoms with Crippen LogP contribution in [0.5, 0.6) is 0 Å². The molecule has 1 atom stereocenters. The number of amides is 1. The quantitative estimate of drug-likeness (QED) is 0.422. The van der Waals surface area contributed by atoms with Gasteiger partial charge in [0.05, 0.1) is 16.7 Å². The van der Waals surface area contributed by atoms with E-state index in [0.29, 0.717) is 22.3 Å². The molecule has 0 saturated heterocycles. The van der Waals surface area contributed by atoms with Crippen molar-refractivity contribution < 1.29 is 4.79 Å². The van der Waals surface area contributed by atoms with E-state index in [2.05, 4.69) is 15.3 Å². The fourth-order valence-electron chi connectivity index (χ4n) is 4.19. The van der Waals surface area contributed by atoms with Gasteiger partial charge in [0, 0.05) is 28.8 Å². The molecule has 170 valence electrons. The van der Waals surface area contributed by atoms with E-state index < -0.39 is 11.6 Å². The summed E-state index contributed by atoms with van der Waals surface area (Å²) in [5.41, 5.74) is 2.82. The second kappa shape index (κ2) is 8.26. The number of H-pyrrole nitrogens is 1. The second-order valence-corrected chi connectivity index (χ2v) is 9.32. The lowest BCUT2D eigenvalue weighted by Crippen LogP contribution is -2.46. The number of aromatic amines is 1. The third kappa shape index (κ3) is 3.96. The highest BCUT2D eigenvalue weighted by Crippen LogP contribution is 2.26. The molecule has 1 amide bonds. The van der Waals surface area contributed by atoms with Crippen LogP contribution in [0, 0.1) is 0 Å². The first-order chi connectivity index (χ1) is 16.3. The largest absolute Gasteiger partial charge is 0.353 e. The van der Waals surface area contributed by atoms with Crippen LogP contribution in [-0.2, 0) is 4.79 Å². The van der Waals surface area contributed by atoms with Crippen molar-refractivity contribution in [2.24, 2.45) is 0 Å². The van der Waals surface area contributed by atoms with Crippen LogP contribution in [0.4, 0.5) is 0 Å². The van der Waals surface area contributed by atoms with Gasteiger partial charge in [-0.1, -0.05) is 30.3 Å². The number of carbonyl (C=O) groups is 1. The van der Waals surface area contributed by atoms with Gasteiger partial charge < -0.3 is 10.3 Å². The van der Waals surface area contributed by atoms with Crippen LogP contribution >= 0.6 is 0 Å². The lowest BCUT2D eigenvalue weighted by atomic mass is 10.0. The predicted molar refractivity (Wildman–Crippen MR) is 134 cm³/mol. The van der Waals surface area contributed by atoms with Gasteiger partial charge in [0.15, 0.2) is 5.69 Å². The maximum absolute atomic E-state index is 14.0. The molecule has 1 unspecified atom stereocenters. The molecule has 5 aromatic rings. The number of fused-ring (bicyclic) bond motifs is 2. The Kier molecular flexibility index (Phi) is 5.24. The van der Waals surface area contributed by atoms with Gasteiger partial charge in [-0.25, -0.2) is 4.98 Å². The first-order valence-corrected chi connectivity index (χ1v) is 11.1. The highest BCUT2D eigenvalue weighted by atomic mass is 16.2. The standard InChI is InChI=1S/C27H25N5O2/c1-27(2,3)31-25(33)24(17-12-14-28-15-13-17)32-22-11-7-6-10-20(22)30-23(26(32)34)21-16-18-8-4-5-9-19(18)29-21/h4-16,24,29H,1-3H3,(H,31,33). The zero-order valence-electron chi connectivity index (χ0n) is 19.2. The molecular weight excluding hydrogens is 426 g/mol. The number of rotatable bonds is 4. The molecule has 0 bridgehead atoms. The van der Waals surface area contributed by atoms with Gasteiger partial charge in [-0.15, -0.1) is 0 Å². The Hall–Kier alpha value is -4.26. The smallest absolute Gasteiger partial charge is 0.280 e. The summed E-state index contributed by atoms with van der Waals surface area (Å²) < 4.78 is 1.54. The van der Waals surface area contributed by atoms with Gasteiger partial charge in [0.2, 0.25) is 5.91 Å². The molecule has 3 aromatic heterocycles. The minimum absolute atomic E-state index is 0.262. The molecule has 34 heavy (non-hydrogen) atoms. The van der Waals surface area contributed by atoms with Crippen LogP contribution in [0.1, 0.15) is 32.4 Å². The summed E-state index contributed by atoms with van der Waals surface area (Å²) in [6.07, 6.45) is 3.25. The van der Waals surface area contributed by atoms with Gasteiger partial charge in [0.1, 0.15) is 6.04 Å². The molecule has 0 fully saturated rings. The molecule has 2 aromatic carbocycles. The van der Waals surface area contributed by atoms with Crippen molar-refractivity contribution in [3.8, 4) is 11.4 Å². The average molecular weight is 452 g/mol. The molecule has 0 radical (unpaired) electrons. The summed E-state index contributed by atoms with van der Waals surface area (Å²) in [6.45, 7) is 5.74. The minimum atomic E-state index is -0.897. The molecule has 7 nitrogen and oxygen atoms in total. The Morgan fingerprint density at radius 2 is 1.71 bits per heavy atom. The Balaban J connectivity index is 1.80. The normalized spacial score (nSPS) is 12.7. The number of carbonyl (C=O) groups excluding carboxylic acids is 1. The van der Waals surface area contributed by atoms with Crippen molar-refractivity contribution in [3.63, 3.8) is 0 Å². The SMILES string of the molecule is CC(C)(C)NC(=O)C(c1ccncc1)n1c(=O)c(-c2cc3ccccc3[nH]2)nc2ccccc21. The van der Waals surface area contributed by atoms with Gasteiger partial charge >= 0.3 is 0 Å². The van der Waals surface area contributed by atoms with E-state index in [-0.39, 0.29) is 17.2 Å². The van der Waals surface area contributed by atoms with Crippen LogP contribution in [0.2, 0.25) is 0 Å². The van der Waals surface area contributed by atoms with Crippen LogP contribution in [-0.4, -0.2) is 31.0 Å². The molecular formula is C27H25N5O2. The van der Waals surface area contributed by atoms with E-state index >= 15 is 0 Å². The van der Waals surface area contributed by atoms with E-state index in [1.54, 1.807) is 29.1 Å². The fraction of sp³-hybridized carbons (Fsp3) is 0.185. The topological polar surface area (TPSA) is 92.7 Å². The molecule has 0 aliphatic heterocycles. The average Bonchev–Trinajstić information content (AvgIpc) is 3.24. The molecule has 0 saturated carbocycles. The Morgan fingerprint density at radius 3 is 2.44 bits per heavy atom. The van der Waals surface area contributed by atoms with E-state index in [9.17, 15) is 9.59 Å². The summed E-state index contributed by atoms with van der Waals surface area (Å²) in [5.74, 6) is -0.278. The van der Waals surface area contributed by atoms with E-state index in [1.807, 2.05) is 75.4 Å². The van der Waals surface area contributed by atoms with Gasteiger partial charge in [-0.2, -0.15) is 0 Å². The van der Waals surface area contributed by atoms with Crippen molar-refractivity contribution in [2.75, 3.05) is 0 Å². The third-order valence-corrected chi connectivity index (χ3v) is 5.61. The number of para-hydroxylation sites is 3. The van der Waals surface area contributed by atoms with Crippen LogP contribution in [0.3, 0.4) is 0 Å². The Labute approximate surface area is 196 Å². The number of hydrogen-bond acceptors (Lipinski definition) is 4. The molecule has 0 aliphatic carbocycles. The molecule has 5 rings (SSSR count). The minimum Gasteiger partial charge on any atom is -0.353 e. The van der Waals surface area contributed by atoms with Crippen molar-refractivity contribution in [1.82, 2.24) is 24.8 Å². The van der Waals surface area contributed by atoms with E-state index in [4.69, 9.17) is 4.98 Å². The number of aromatic nitrogens is 4. The van der Waals surface area contributed by atoms with Crippen LogP contribution < -0.4 is 10.9 Å². The summed E-state index contributed by atoms with van der Waals surface area (Å²) in [5, 5.41) is 4.02. The maximum atomic E-state index is 14.0. The third-order valence-electron chi connectivity index (χ3n) is 5.61. The number of nitrogens with zero attached hydrogens (tertiary/aromatic N) is 3. The van der Waals surface area contributed by atoms with Crippen LogP contribution in [0.25, 0.3) is 33.3 Å². The summed E-state index contributed by atoms with van der Waals surface area (Å²) in [7, 11) is 0. The molecule has 0 spiro atoms. The lowest BCUT2D eigenvalue weighted by Gasteiger charge is -2.27.